The average Bonchev–Trinajstić information content (AvgIpc) is 3.20. The minimum atomic E-state index is -3.51. The molecule has 29 heavy (non-hydrogen) atoms. The largest absolute Gasteiger partial charge is 0.412 e. The zero-order valence-corrected chi connectivity index (χ0v) is 17.8. The highest BCUT2D eigenvalue weighted by atomic mass is 32.2. The van der Waals surface area contributed by atoms with Crippen molar-refractivity contribution in [2.24, 2.45) is 0 Å². The molecular weight excluding hydrogens is 394 g/mol. The van der Waals surface area contributed by atoms with Gasteiger partial charge in [0.05, 0.1) is 4.90 Å². The topological polar surface area (TPSA) is 109 Å². The molecule has 0 bridgehead atoms. The molecule has 0 unspecified atom stereocenters. The summed E-state index contributed by atoms with van der Waals surface area (Å²) in [6.45, 7) is 4.56. The molecule has 2 aromatic rings. The molecule has 1 amide bonds. The first kappa shape index (κ1) is 21.4. The van der Waals surface area contributed by atoms with Crippen LogP contribution in [0.4, 0.5) is 0 Å². The van der Waals surface area contributed by atoms with Crippen molar-refractivity contribution in [2.75, 3.05) is 33.7 Å². The minimum Gasteiger partial charge on any atom is -0.412 e. The van der Waals surface area contributed by atoms with Crippen LogP contribution in [0.25, 0.3) is 11.5 Å². The molecule has 0 saturated carbocycles. The van der Waals surface area contributed by atoms with Crippen molar-refractivity contribution < 1.29 is 17.6 Å². The van der Waals surface area contributed by atoms with Crippen molar-refractivity contribution in [3.05, 3.63) is 30.2 Å². The van der Waals surface area contributed by atoms with Crippen LogP contribution in [0.15, 0.2) is 33.6 Å². The molecule has 158 valence electrons. The Bertz CT molecular complexity index is 940. The highest BCUT2D eigenvalue weighted by Gasteiger charge is 2.20. The fourth-order valence-corrected chi connectivity index (χ4v) is 4.19. The van der Waals surface area contributed by atoms with E-state index in [-0.39, 0.29) is 16.7 Å². The van der Waals surface area contributed by atoms with E-state index < -0.39 is 15.9 Å². The average molecular weight is 422 g/mol. The minimum absolute atomic E-state index is 0.114. The number of sulfonamides is 1. The summed E-state index contributed by atoms with van der Waals surface area (Å²) in [6, 6.07) is 6.62. The maximum atomic E-state index is 12.3. The lowest BCUT2D eigenvalue weighted by Gasteiger charge is -2.33. The van der Waals surface area contributed by atoms with E-state index in [0.717, 1.165) is 17.4 Å². The number of benzene rings is 1. The van der Waals surface area contributed by atoms with Crippen LogP contribution in [0, 0.1) is 0 Å². The molecule has 9 nitrogen and oxygen atoms in total. The second-order valence-corrected chi connectivity index (χ2v) is 9.51. The lowest BCUT2D eigenvalue weighted by atomic mass is 10.0. The first-order valence-corrected chi connectivity index (χ1v) is 11.1. The number of likely N-dealkylation sites (tertiary alicyclic amines) is 1. The lowest BCUT2D eigenvalue weighted by Crippen LogP contribution is -2.42. The van der Waals surface area contributed by atoms with Crippen LogP contribution in [0.3, 0.4) is 0 Å². The van der Waals surface area contributed by atoms with Gasteiger partial charge in [0.25, 0.3) is 0 Å². The second kappa shape index (κ2) is 9.02. The van der Waals surface area contributed by atoms with Gasteiger partial charge in [0.15, 0.2) is 0 Å². The van der Waals surface area contributed by atoms with E-state index in [0.29, 0.717) is 18.2 Å². The SMILES string of the molecule is C[C@H]1CCCCN1CCNC(=O)c1nnc(-c2ccc(S(=O)(=O)N(C)C)cc2)o1. The van der Waals surface area contributed by atoms with Crippen LogP contribution in [0.2, 0.25) is 0 Å². The standard InChI is InChI=1S/C19H27N5O4S/c1-14-6-4-5-12-24(14)13-11-20-17(25)19-22-21-18(28-19)15-7-9-16(10-8-15)29(26,27)23(2)3/h7-10,14H,4-6,11-13H2,1-3H3,(H,20,25)/t14-/m0/s1. The molecule has 2 heterocycles. The summed E-state index contributed by atoms with van der Waals surface area (Å²) in [5, 5.41) is 10.5. The van der Waals surface area contributed by atoms with Crippen LogP contribution < -0.4 is 5.32 Å². The molecule has 1 aliphatic heterocycles. The van der Waals surface area contributed by atoms with Gasteiger partial charge in [0, 0.05) is 38.8 Å². The molecular formula is C19H27N5O4S. The van der Waals surface area contributed by atoms with Gasteiger partial charge >= 0.3 is 11.8 Å². The van der Waals surface area contributed by atoms with Gasteiger partial charge in [-0.1, -0.05) is 6.42 Å². The highest BCUT2D eigenvalue weighted by molar-refractivity contribution is 7.89. The van der Waals surface area contributed by atoms with Gasteiger partial charge in [0.1, 0.15) is 0 Å². The van der Waals surface area contributed by atoms with Gasteiger partial charge in [0.2, 0.25) is 15.9 Å². The maximum absolute atomic E-state index is 12.3. The van der Waals surface area contributed by atoms with Gasteiger partial charge in [-0.3, -0.25) is 9.69 Å². The van der Waals surface area contributed by atoms with Crippen molar-refractivity contribution in [1.29, 1.82) is 0 Å². The predicted molar refractivity (Wildman–Crippen MR) is 108 cm³/mol. The molecule has 1 aromatic carbocycles. The van der Waals surface area contributed by atoms with Crippen molar-refractivity contribution >= 4 is 15.9 Å². The number of carbonyl (C=O) groups is 1. The van der Waals surface area contributed by atoms with E-state index in [1.54, 1.807) is 12.1 Å². The van der Waals surface area contributed by atoms with Crippen LogP contribution in [0.5, 0.6) is 0 Å². The molecule has 1 saturated heterocycles. The zero-order valence-electron chi connectivity index (χ0n) is 17.0. The smallest absolute Gasteiger partial charge is 0.308 e. The summed E-state index contributed by atoms with van der Waals surface area (Å²) >= 11 is 0. The number of nitrogens with zero attached hydrogens (tertiary/aromatic N) is 4. The number of nitrogens with one attached hydrogen (secondary N) is 1. The van der Waals surface area contributed by atoms with E-state index in [9.17, 15) is 13.2 Å². The summed E-state index contributed by atoms with van der Waals surface area (Å²) in [4.78, 5) is 14.8. The summed E-state index contributed by atoms with van der Waals surface area (Å²) in [5.74, 6) is -0.370. The fourth-order valence-electron chi connectivity index (χ4n) is 3.29. The number of aromatic nitrogens is 2. The quantitative estimate of drug-likeness (QED) is 0.723. The number of hydrogen-bond donors (Lipinski definition) is 1. The molecule has 1 aromatic heterocycles. The van der Waals surface area contributed by atoms with Crippen LogP contribution in [0.1, 0.15) is 36.9 Å². The monoisotopic (exact) mass is 421 g/mol. The fraction of sp³-hybridized carbons (Fsp3) is 0.526. The van der Waals surface area contributed by atoms with Crippen molar-refractivity contribution in [2.45, 2.75) is 37.1 Å². The van der Waals surface area contributed by atoms with Crippen LogP contribution in [-0.2, 0) is 10.0 Å². The van der Waals surface area contributed by atoms with Crippen molar-refractivity contribution in [3.63, 3.8) is 0 Å². The summed E-state index contributed by atoms with van der Waals surface area (Å²) in [6.07, 6.45) is 3.65. The highest BCUT2D eigenvalue weighted by Crippen LogP contribution is 2.21. The summed E-state index contributed by atoms with van der Waals surface area (Å²) in [5.41, 5.74) is 0.538. The van der Waals surface area contributed by atoms with E-state index in [1.807, 2.05) is 0 Å². The molecule has 0 radical (unpaired) electrons. The molecule has 10 heteroatoms. The van der Waals surface area contributed by atoms with Crippen LogP contribution >= 0.6 is 0 Å². The number of rotatable bonds is 7. The Morgan fingerprint density at radius 1 is 1.24 bits per heavy atom. The normalized spacial score (nSPS) is 18.1. The van der Waals surface area contributed by atoms with E-state index >= 15 is 0 Å². The Labute approximate surface area is 171 Å². The third-order valence-electron chi connectivity index (χ3n) is 5.12. The molecule has 1 aliphatic rings. The van der Waals surface area contributed by atoms with E-state index in [2.05, 4.69) is 27.3 Å². The van der Waals surface area contributed by atoms with Crippen molar-refractivity contribution in [1.82, 2.24) is 24.7 Å². The first-order chi connectivity index (χ1) is 13.8. The van der Waals surface area contributed by atoms with Gasteiger partial charge < -0.3 is 9.73 Å². The molecule has 1 N–H and O–H groups in total. The lowest BCUT2D eigenvalue weighted by molar-refractivity contribution is 0.0905. The second-order valence-electron chi connectivity index (χ2n) is 7.36. The number of piperidine rings is 1. The predicted octanol–water partition coefficient (Wildman–Crippen LogP) is 1.59. The Kier molecular flexibility index (Phi) is 6.66. The van der Waals surface area contributed by atoms with Gasteiger partial charge in [-0.25, -0.2) is 12.7 Å². The maximum Gasteiger partial charge on any atom is 0.308 e. The van der Waals surface area contributed by atoms with Gasteiger partial charge in [-0.05, 0) is 50.6 Å². The van der Waals surface area contributed by atoms with E-state index in [4.69, 9.17) is 4.42 Å². The number of amides is 1. The number of hydrogen-bond acceptors (Lipinski definition) is 7. The van der Waals surface area contributed by atoms with Crippen molar-refractivity contribution in [3.8, 4) is 11.5 Å². The summed E-state index contributed by atoms with van der Waals surface area (Å²) in [7, 11) is -0.569. The summed E-state index contributed by atoms with van der Waals surface area (Å²) < 4.78 is 30.9. The van der Waals surface area contributed by atoms with Crippen LogP contribution in [-0.4, -0.2) is 73.5 Å². The molecule has 3 rings (SSSR count). The van der Waals surface area contributed by atoms with Gasteiger partial charge in [-0.15, -0.1) is 10.2 Å². The molecule has 1 atom stereocenters. The molecule has 0 aliphatic carbocycles. The third-order valence-corrected chi connectivity index (χ3v) is 6.95. The zero-order chi connectivity index (χ0) is 21.0. The Morgan fingerprint density at radius 2 is 1.97 bits per heavy atom. The first-order valence-electron chi connectivity index (χ1n) is 9.68. The Balaban J connectivity index is 1.59. The number of carbonyl (C=O) groups excluding carboxylic acids is 1. The third kappa shape index (κ3) is 5.01. The Hall–Kier alpha value is -2.30. The van der Waals surface area contributed by atoms with E-state index in [1.165, 1.54) is 45.5 Å². The Morgan fingerprint density at radius 3 is 2.62 bits per heavy atom. The van der Waals surface area contributed by atoms with Gasteiger partial charge in [-0.2, -0.15) is 0 Å². The molecule has 1 fully saturated rings. The molecule has 0 spiro atoms.